The number of nitrogens with two attached hydrogens (primary N) is 1. The molecular weight excluding hydrogens is 475 g/mol. The van der Waals surface area contributed by atoms with Crippen LogP contribution in [0.5, 0.6) is 5.88 Å². The minimum absolute atomic E-state index is 0. The maximum Gasteiger partial charge on any atom is 0.410 e. The number of amides is 1. The molecule has 1 amide bonds. The van der Waals surface area contributed by atoms with Crippen LogP contribution in [0.4, 0.5) is 4.79 Å². The van der Waals surface area contributed by atoms with E-state index in [9.17, 15) is 4.79 Å². The minimum Gasteiger partial charge on any atom is -0.481 e. The largest absolute Gasteiger partial charge is 0.481 e. The molecule has 2 rings (SSSR count). The summed E-state index contributed by atoms with van der Waals surface area (Å²) in [6, 6.07) is 0. The van der Waals surface area contributed by atoms with Crippen LogP contribution in [0.3, 0.4) is 0 Å². The maximum absolute atomic E-state index is 12.1. The zero-order valence-corrected chi connectivity index (χ0v) is 20.0. The van der Waals surface area contributed by atoms with Gasteiger partial charge in [0.2, 0.25) is 5.88 Å². The summed E-state index contributed by atoms with van der Waals surface area (Å²) in [6.07, 6.45) is 0.515. The van der Waals surface area contributed by atoms with Crippen LogP contribution in [0, 0.1) is 0 Å². The molecule has 0 aliphatic carbocycles. The quantitative estimate of drug-likeness (QED) is 0.380. The van der Waals surface area contributed by atoms with E-state index >= 15 is 0 Å². The number of carbonyl (C=O) groups is 1. The molecule has 0 radical (unpaired) electrons. The lowest BCUT2D eigenvalue weighted by molar-refractivity contribution is 0.0186. The standard InChI is InChI=1S/C18H32N6O3.HI/c1-7-14-13(15(26-6)22(5)21-14)12-20-16(19)23-8-10-24(11-9-23)17(25)27-18(2,3)4;/h7-12H2,1-6H3,(H2,19,20);1H. The Morgan fingerprint density at radius 1 is 1.21 bits per heavy atom. The second-order valence-electron chi connectivity index (χ2n) is 7.54. The fourth-order valence-corrected chi connectivity index (χ4v) is 3.01. The average molecular weight is 508 g/mol. The number of hydrogen-bond acceptors (Lipinski definition) is 5. The lowest BCUT2D eigenvalue weighted by atomic mass is 10.2. The molecule has 0 atom stereocenters. The number of hydrogen-bond donors (Lipinski definition) is 1. The predicted molar refractivity (Wildman–Crippen MR) is 119 cm³/mol. The number of carbonyl (C=O) groups excluding carboxylic acids is 1. The molecule has 1 aromatic rings. The molecule has 160 valence electrons. The molecule has 1 aliphatic heterocycles. The van der Waals surface area contributed by atoms with Gasteiger partial charge in [-0.05, 0) is 27.2 Å². The average Bonchev–Trinajstić information content (AvgIpc) is 2.92. The van der Waals surface area contributed by atoms with Crippen LogP contribution in [0.2, 0.25) is 0 Å². The molecule has 0 saturated carbocycles. The van der Waals surface area contributed by atoms with E-state index in [1.165, 1.54) is 0 Å². The summed E-state index contributed by atoms with van der Waals surface area (Å²) >= 11 is 0. The highest BCUT2D eigenvalue weighted by Gasteiger charge is 2.26. The number of guanidine groups is 1. The summed E-state index contributed by atoms with van der Waals surface area (Å²) < 4.78 is 12.6. The Balaban J connectivity index is 0.00000392. The SMILES string of the molecule is CCc1nn(C)c(OC)c1CN=C(N)N1CCN(C(=O)OC(C)(C)C)CC1.I. The van der Waals surface area contributed by atoms with Crippen molar-refractivity contribution in [1.29, 1.82) is 0 Å². The number of nitrogens with zero attached hydrogens (tertiary/aromatic N) is 5. The number of piperazine rings is 1. The molecule has 1 fully saturated rings. The van der Waals surface area contributed by atoms with Crippen molar-refractivity contribution < 1.29 is 14.3 Å². The zero-order chi connectivity index (χ0) is 20.2. The van der Waals surface area contributed by atoms with E-state index < -0.39 is 5.60 Å². The maximum atomic E-state index is 12.1. The lowest BCUT2D eigenvalue weighted by Crippen LogP contribution is -2.53. The van der Waals surface area contributed by atoms with E-state index in [1.807, 2.05) is 39.6 Å². The first-order valence-corrected chi connectivity index (χ1v) is 9.27. The topological polar surface area (TPSA) is 98.2 Å². The van der Waals surface area contributed by atoms with Gasteiger partial charge >= 0.3 is 6.09 Å². The van der Waals surface area contributed by atoms with Crippen LogP contribution in [0.25, 0.3) is 0 Å². The molecule has 0 unspecified atom stereocenters. The van der Waals surface area contributed by atoms with Gasteiger partial charge in [-0.2, -0.15) is 5.10 Å². The second-order valence-corrected chi connectivity index (χ2v) is 7.54. The number of aryl methyl sites for hydroxylation is 2. The van der Waals surface area contributed by atoms with E-state index in [2.05, 4.69) is 10.1 Å². The van der Waals surface area contributed by atoms with Crippen LogP contribution in [-0.4, -0.2) is 70.5 Å². The fourth-order valence-electron chi connectivity index (χ4n) is 3.01. The van der Waals surface area contributed by atoms with Crippen molar-refractivity contribution in [2.24, 2.45) is 17.8 Å². The van der Waals surface area contributed by atoms with Crippen molar-refractivity contribution in [1.82, 2.24) is 19.6 Å². The summed E-state index contributed by atoms with van der Waals surface area (Å²) in [6.45, 7) is 10.4. The molecule has 1 saturated heterocycles. The Kier molecular flexibility index (Phi) is 8.83. The molecule has 10 heteroatoms. The number of aromatic nitrogens is 2. The summed E-state index contributed by atoms with van der Waals surface area (Å²) in [5.74, 6) is 1.17. The second kappa shape index (κ2) is 10.2. The third-order valence-electron chi connectivity index (χ3n) is 4.35. The van der Waals surface area contributed by atoms with Gasteiger partial charge in [-0.15, -0.1) is 24.0 Å². The Morgan fingerprint density at radius 3 is 2.29 bits per heavy atom. The third kappa shape index (κ3) is 6.14. The molecule has 0 aromatic carbocycles. The van der Waals surface area contributed by atoms with Gasteiger partial charge in [0, 0.05) is 33.2 Å². The van der Waals surface area contributed by atoms with Crippen molar-refractivity contribution in [3.63, 3.8) is 0 Å². The first kappa shape index (κ1) is 24.3. The van der Waals surface area contributed by atoms with Crippen molar-refractivity contribution in [3.8, 4) is 5.88 Å². The Labute approximate surface area is 184 Å². The smallest absolute Gasteiger partial charge is 0.410 e. The summed E-state index contributed by atoms with van der Waals surface area (Å²) in [5.41, 5.74) is 7.61. The van der Waals surface area contributed by atoms with Crippen LogP contribution >= 0.6 is 24.0 Å². The predicted octanol–water partition coefficient (Wildman–Crippen LogP) is 1.98. The molecule has 0 spiro atoms. The Morgan fingerprint density at radius 2 is 1.79 bits per heavy atom. The van der Waals surface area contributed by atoms with Crippen molar-refractivity contribution in [3.05, 3.63) is 11.3 Å². The van der Waals surface area contributed by atoms with Gasteiger partial charge < -0.3 is 25.0 Å². The van der Waals surface area contributed by atoms with E-state index in [0.29, 0.717) is 44.6 Å². The minimum atomic E-state index is -0.492. The molecular formula is C18H33IN6O3. The zero-order valence-electron chi connectivity index (χ0n) is 17.7. The number of rotatable bonds is 4. The summed E-state index contributed by atoms with van der Waals surface area (Å²) in [4.78, 5) is 20.4. The van der Waals surface area contributed by atoms with E-state index in [-0.39, 0.29) is 30.1 Å². The van der Waals surface area contributed by atoms with Crippen LogP contribution < -0.4 is 10.5 Å². The van der Waals surface area contributed by atoms with Gasteiger partial charge in [-0.1, -0.05) is 6.92 Å². The summed E-state index contributed by atoms with van der Waals surface area (Å²) in [5, 5.41) is 4.46. The number of halogens is 1. The van der Waals surface area contributed by atoms with Gasteiger partial charge in [0.25, 0.3) is 0 Å². The van der Waals surface area contributed by atoms with Gasteiger partial charge in [-0.25, -0.2) is 14.5 Å². The Bertz CT molecular complexity index is 690. The third-order valence-corrected chi connectivity index (χ3v) is 4.35. The van der Waals surface area contributed by atoms with Crippen LogP contribution in [0.15, 0.2) is 4.99 Å². The highest BCUT2D eigenvalue weighted by molar-refractivity contribution is 14.0. The molecule has 28 heavy (non-hydrogen) atoms. The van der Waals surface area contributed by atoms with Crippen LogP contribution in [0.1, 0.15) is 39.0 Å². The van der Waals surface area contributed by atoms with E-state index in [1.54, 1.807) is 16.7 Å². The van der Waals surface area contributed by atoms with Crippen LogP contribution in [-0.2, 0) is 24.8 Å². The van der Waals surface area contributed by atoms with Crippen molar-refractivity contribution in [2.75, 3.05) is 33.3 Å². The molecule has 9 nitrogen and oxygen atoms in total. The van der Waals surface area contributed by atoms with Gasteiger partial charge in [0.05, 0.1) is 24.9 Å². The van der Waals surface area contributed by atoms with Crippen molar-refractivity contribution >= 4 is 36.0 Å². The highest BCUT2D eigenvalue weighted by Crippen LogP contribution is 2.23. The number of aliphatic imine (C=N–C) groups is 1. The molecule has 1 aromatic heterocycles. The molecule has 1 aliphatic rings. The molecule has 0 bridgehead atoms. The summed E-state index contributed by atoms with van der Waals surface area (Å²) in [7, 11) is 3.48. The van der Waals surface area contributed by atoms with E-state index in [0.717, 1.165) is 17.7 Å². The number of methoxy groups -OCH3 is 1. The monoisotopic (exact) mass is 508 g/mol. The normalized spacial score (nSPS) is 15.3. The van der Waals surface area contributed by atoms with Gasteiger partial charge in [0.15, 0.2) is 5.96 Å². The first-order valence-electron chi connectivity index (χ1n) is 9.27. The number of ether oxygens (including phenoxy) is 2. The fraction of sp³-hybridized carbons (Fsp3) is 0.722. The molecule has 2 heterocycles. The lowest BCUT2D eigenvalue weighted by Gasteiger charge is -2.36. The molecule has 2 N–H and O–H groups in total. The van der Waals surface area contributed by atoms with Gasteiger partial charge in [-0.3, -0.25) is 0 Å². The van der Waals surface area contributed by atoms with Gasteiger partial charge in [0.1, 0.15) is 5.60 Å². The van der Waals surface area contributed by atoms with Crippen molar-refractivity contribution in [2.45, 2.75) is 46.3 Å². The Hall–Kier alpha value is -1.72. The first-order chi connectivity index (χ1) is 12.7. The van der Waals surface area contributed by atoms with E-state index in [4.69, 9.17) is 15.2 Å². The highest BCUT2D eigenvalue weighted by atomic mass is 127.